The lowest BCUT2D eigenvalue weighted by Gasteiger charge is -2.36. The molecular weight excluding hydrogens is 389 g/mol. The second-order valence-corrected chi connectivity index (χ2v) is 7.16. The van der Waals surface area contributed by atoms with Gasteiger partial charge in [0.15, 0.2) is 5.82 Å². The molecule has 1 amide bonds. The summed E-state index contributed by atoms with van der Waals surface area (Å²) >= 11 is 0. The molecule has 2 aliphatic rings. The van der Waals surface area contributed by atoms with Crippen molar-refractivity contribution in [2.45, 2.75) is 38.1 Å². The fourth-order valence-corrected chi connectivity index (χ4v) is 3.31. The van der Waals surface area contributed by atoms with Crippen LogP contribution >= 0.6 is 0 Å². The van der Waals surface area contributed by atoms with Crippen LogP contribution < -0.4 is 20.3 Å². The van der Waals surface area contributed by atoms with Crippen LogP contribution in [-0.4, -0.2) is 46.6 Å². The maximum absolute atomic E-state index is 12.7. The summed E-state index contributed by atoms with van der Waals surface area (Å²) in [4.78, 5) is 25.6. The van der Waals surface area contributed by atoms with Gasteiger partial charge in [0, 0.05) is 38.2 Å². The number of pyridine rings is 1. The average Bonchev–Trinajstić information content (AvgIpc) is 2.60. The fraction of sp³-hybridized carbons (Fsp3) is 0.444. The van der Waals surface area contributed by atoms with Crippen molar-refractivity contribution < 1.29 is 22.7 Å². The number of hydrogen-bond acceptors (Lipinski definition) is 7. The van der Waals surface area contributed by atoms with Gasteiger partial charge in [0.2, 0.25) is 11.9 Å². The third-order valence-corrected chi connectivity index (χ3v) is 4.83. The summed E-state index contributed by atoms with van der Waals surface area (Å²) in [6.07, 6.45) is -2.40. The van der Waals surface area contributed by atoms with Crippen LogP contribution in [0.15, 0.2) is 18.3 Å². The smallest absolute Gasteiger partial charge is 0.433 e. The first-order chi connectivity index (χ1) is 13.7. The predicted octanol–water partition coefficient (Wildman–Crippen LogP) is 2.61. The quantitative estimate of drug-likeness (QED) is 0.803. The zero-order valence-corrected chi connectivity index (χ0v) is 15.7. The molecule has 0 atom stereocenters. The highest BCUT2D eigenvalue weighted by Gasteiger charge is 2.35. The average molecular weight is 408 g/mol. The van der Waals surface area contributed by atoms with E-state index < -0.39 is 11.9 Å². The summed E-state index contributed by atoms with van der Waals surface area (Å²) < 4.78 is 43.8. The van der Waals surface area contributed by atoms with Gasteiger partial charge in [-0.3, -0.25) is 9.78 Å². The monoisotopic (exact) mass is 408 g/mol. The molecule has 154 valence electrons. The van der Waals surface area contributed by atoms with Crippen molar-refractivity contribution in [1.82, 2.24) is 15.0 Å². The molecule has 1 aliphatic carbocycles. The Balaban J connectivity index is 1.36. The molecule has 0 spiro atoms. The van der Waals surface area contributed by atoms with E-state index in [-0.39, 0.29) is 30.3 Å². The Kier molecular flexibility index (Phi) is 4.67. The van der Waals surface area contributed by atoms with Crippen molar-refractivity contribution in [2.75, 3.05) is 29.1 Å². The molecule has 0 aromatic carbocycles. The Bertz CT molecular complexity index is 946. The van der Waals surface area contributed by atoms with E-state index >= 15 is 0 Å². The van der Waals surface area contributed by atoms with Gasteiger partial charge in [0.1, 0.15) is 23.2 Å². The predicted molar refractivity (Wildman–Crippen MR) is 99.0 cm³/mol. The zero-order valence-electron chi connectivity index (χ0n) is 15.7. The van der Waals surface area contributed by atoms with Crippen molar-refractivity contribution in [2.24, 2.45) is 0 Å². The van der Waals surface area contributed by atoms with Gasteiger partial charge in [-0.25, -0.2) is 4.98 Å². The molecule has 0 unspecified atom stereocenters. The van der Waals surface area contributed by atoms with E-state index in [0.29, 0.717) is 36.0 Å². The molecule has 2 aromatic rings. The number of carbonyl (C=O) groups excluding carboxylic acids is 1. The molecule has 2 N–H and O–H groups in total. The molecule has 0 bridgehead atoms. The van der Waals surface area contributed by atoms with Crippen molar-refractivity contribution in [3.8, 4) is 5.75 Å². The van der Waals surface area contributed by atoms with Crippen LogP contribution in [0.25, 0.3) is 0 Å². The maximum Gasteiger partial charge on any atom is 0.433 e. The minimum atomic E-state index is -4.50. The number of amides is 1. The molecule has 0 radical (unpaired) electrons. The minimum Gasteiger partial charge on any atom is -0.490 e. The summed E-state index contributed by atoms with van der Waals surface area (Å²) in [5.41, 5.74) is 0.279. The topological polar surface area (TPSA) is 92.3 Å². The fourth-order valence-electron chi connectivity index (χ4n) is 3.31. The van der Waals surface area contributed by atoms with Gasteiger partial charge in [-0.15, -0.1) is 0 Å². The summed E-state index contributed by atoms with van der Waals surface area (Å²) in [6.45, 7) is 2.01. The highest BCUT2D eigenvalue weighted by molar-refractivity contribution is 6.00. The number of carbonyl (C=O) groups is 1. The van der Waals surface area contributed by atoms with Crippen molar-refractivity contribution >= 4 is 23.4 Å². The van der Waals surface area contributed by atoms with Crippen molar-refractivity contribution in [3.05, 3.63) is 29.7 Å². The standard InChI is InChI=1S/C18H19F3N6O2/c1-9-15-16(27(2)8-14(28)25-15)26-17(23-9)24-10-5-12(6-10)29-11-3-4-22-13(7-11)18(19,20)21/h3-4,7,10,12H,5-6,8H2,1-2H3,(H,25,28)(H,23,24,26). The van der Waals surface area contributed by atoms with Gasteiger partial charge in [0.05, 0.1) is 12.2 Å². The summed E-state index contributed by atoms with van der Waals surface area (Å²) in [5, 5.41) is 6.00. The molecule has 4 rings (SSSR count). The first-order valence-corrected chi connectivity index (χ1v) is 9.05. The number of aromatic nitrogens is 3. The van der Waals surface area contributed by atoms with Gasteiger partial charge in [-0.1, -0.05) is 0 Å². The molecule has 8 nitrogen and oxygen atoms in total. The van der Waals surface area contributed by atoms with Crippen LogP contribution in [0.5, 0.6) is 5.75 Å². The van der Waals surface area contributed by atoms with Crippen molar-refractivity contribution in [1.29, 1.82) is 0 Å². The van der Waals surface area contributed by atoms with Gasteiger partial charge < -0.3 is 20.3 Å². The second-order valence-electron chi connectivity index (χ2n) is 7.16. The maximum atomic E-state index is 12.7. The number of halogens is 3. The number of alkyl halides is 3. The van der Waals surface area contributed by atoms with Crippen LogP contribution in [-0.2, 0) is 11.0 Å². The third kappa shape index (κ3) is 4.03. The Morgan fingerprint density at radius 3 is 2.79 bits per heavy atom. The highest BCUT2D eigenvalue weighted by atomic mass is 19.4. The summed E-state index contributed by atoms with van der Waals surface area (Å²) in [5.74, 6) is 1.12. The number of ether oxygens (including phenoxy) is 1. The Morgan fingerprint density at radius 2 is 2.07 bits per heavy atom. The number of hydrogen-bond donors (Lipinski definition) is 2. The molecular formula is C18H19F3N6O2. The van der Waals surface area contributed by atoms with Gasteiger partial charge >= 0.3 is 6.18 Å². The number of nitrogens with one attached hydrogen (secondary N) is 2. The lowest BCUT2D eigenvalue weighted by Crippen LogP contribution is -2.43. The third-order valence-electron chi connectivity index (χ3n) is 4.83. The summed E-state index contributed by atoms with van der Waals surface area (Å²) in [6, 6.07) is 2.36. The Morgan fingerprint density at radius 1 is 1.31 bits per heavy atom. The number of rotatable bonds is 4. The van der Waals surface area contributed by atoms with Gasteiger partial charge in [-0.2, -0.15) is 18.2 Å². The molecule has 1 saturated carbocycles. The Hall–Kier alpha value is -3.11. The van der Waals surface area contributed by atoms with Crippen LogP contribution in [0.2, 0.25) is 0 Å². The van der Waals surface area contributed by atoms with E-state index in [1.165, 1.54) is 6.07 Å². The van der Waals surface area contributed by atoms with E-state index in [2.05, 4.69) is 25.6 Å². The van der Waals surface area contributed by atoms with Crippen LogP contribution in [0.3, 0.4) is 0 Å². The number of aryl methyl sites for hydroxylation is 1. The highest BCUT2D eigenvalue weighted by Crippen LogP contribution is 2.34. The SMILES string of the molecule is Cc1nc(NC2CC(Oc3ccnc(C(F)(F)F)c3)C2)nc2c1NC(=O)CN2C. The number of likely N-dealkylation sites (N-methyl/N-ethyl adjacent to an activating group) is 1. The number of anilines is 3. The second kappa shape index (κ2) is 7.05. The molecule has 29 heavy (non-hydrogen) atoms. The van der Waals surface area contributed by atoms with E-state index in [1.807, 2.05) is 0 Å². The first kappa shape index (κ1) is 19.2. The van der Waals surface area contributed by atoms with Gasteiger partial charge in [0.25, 0.3) is 0 Å². The molecule has 2 aromatic heterocycles. The van der Waals surface area contributed by atoms with Gasteiger partial charge in [-0.05, 0) is 13.0 Å². The molecule has 0 saturated heterocycles. The van der Waals surface area contributed by atoms with Crippen LogP contribution in [0.1, 0.15) is 24.2 Å². The van der Waals surface area contributed by atoms with E-state index in [9.17, 15) is 18.0 Å². The number of nitrogens with zero attached hydrogens (tertiary/aromatic N) is 4. The van der Waals surface area contributed by atoms with E-state index in [1.54, 1.807) is 18.9 Å². The first-order valence-electron chi connectivity index (χ1n) is 9.05. The van der Waals surface area contributed by atoms with Crippen LogP contribution in [0.4, 0.5) is 30.6 Å². The molecule has 1 aliphatic heterocycles. The van der Waals surface area contributed by atoms with Crippen LogP contribution in [0, 0.1) is 6.92 Å². The minimum absolute atomic E-state index is 0.0462. The largest absolute Gasteiger partial charge is 0.490 e. The van der Waals surface area contributed by atoms with E-state index in [4.69, 9.17) is 4.74 Å². The lowest BCUT2D eigenvalue weighted by molar-refractivity contribution is -0.141. The number of fused-ring (bicyclic) bond motifs is 1. The normalized spacial score (nSPS) is 21.1. The van der Waals surface area contributed by atoms with Crippen molar-refractivity contribution in [3.63, 3.8) is 0 Å². The molecule has 1 fully saturated rings. The molecule has 3 heterocycles. The summed E-state index contributed by atoms with van der Waals surface area (Å²) in [7, 11) is 1.78. The van der Waals surface area contributed by atoms with E-state index in [0.717, 1.165) is 12.3 Å². The zero-order chi connectivity index (χ0) is 20.8. The lowest BCUT2D eigenvalue weighted by atomic mass is 9.89. The molecule has 11 heteroatoms. The Labute approximate surface area is 164 Å².